The molecule has 162 valence electrons. The van der Waals surface area contributed by atoms with Crippen molar-refractivity contribution in [2.75, 3.05) is 5.32 Å². The van der Waals surface area contributed by atoms with E-state index in [4.69, 9.17) is 16.0 Å². The van der Waals surface area contributed by atoms with Crippen LogP contribution in [0.15, 0.2) is 64.6 Å². The molecule has 2 aromatic carbocycles. The molecule has 1 N–H and O–H groups in total. The Bertz CT molecular complexity index is 1280. The van der Waals surface area contributed by atoms with E-state index in [0.29, 0.717) is 11.6 Å². The Kier molecular flexibility index (Phi) is 6.32. The van der Waals surface area contributed by atoms with Crippen LogP contribution in [0.5, 0.6) is 0 Å². The van der Waals surface area contributed by atoms with E-state index in [9.17, 15) is 33.3 Å². The van der Waals surface area contributed by atoms with E-state index in [2.05, 4.69) is 5.32 Å². The van der Waals surface area contributed by atoms with Crippen molar-refractivity contribution in [2.45, 2.75) is 6.18 Å². The number of non-ortho nitro benzene ring substituents is 1. The lowest BCUT2D eigenvalue weighted by atomic mass is 10.1. The summed E-state index contributed by atoms with van der Waals surface area (Å²) in [5.74, 6) is -0.672. The number of rotatable bonds is 5. The molecule has 0 aliphatic carbocycles. The lowest BCUT2D eigenvalue weighted by molar-refractivity contribution is -0.384. The van der Waals surface area contributed by atoms with Gasteiger partial charge in [0, 0.05) is 23.8 Å². The summed E-state index contributed by atoms with van der Waals surface area (Å²) in [6.45, 7) is 0. The number of halogens is 4. The maximum atomic E-state index is 12.9. The van der Waals surface area contributed by atoms with Gasteiger partial charge in [0.25, 0.3) is 11.6 Å². The Hall–Kier alpha value is -4.10. The minimum absolute atomic E-state index is 0.0772. The maximum absolute atomic E-state index is 12.9. The molecule has 32 heavy (non-hydrogen) atoms. The largest absolute Gasteiger partial charge is 0.457 e. The number of nitro groups is 1. The molecule has 0 saturated carbocycles. The van der Waals surface area contributed by atoms with Crippen LogP contribution in [0, 0.1) is 21.4 Å². The first-order valence-electron chi connectivity index (χ1n) is 8.73. The van der Waals surface area contributed by atoms with Crippen molar-refractivity contribution < 1.29 is 27.3 Å². The third-order valence-corrected chi connectivity index (χ3v) is 4.49. The van der Waals surface area contributed by atoms with Crippen molar-refractivity contribution in [1.29, 1.82) is 5.26 Å². The number of nitrogens with zero attached hydrogens (tertiary/aromatic N) is 2. The molecular formula is C21H11ClF3N3O4. The molecule has 0 fully saturated rings. The van der Waals surface area contributed by atoms with Crippen molar-refractivity contribution in [3.05, 3.63) is 86.6 Å². The van der Waals surface area contributed by atoms with E-state index in [-0.39, 0.29) is 27.9 Å². The van der Waals surface area contributed by atoms with Gasteiger partial charge in [-0.05, 0) is 30.3 Å². The van der Waals surface area contributed by atoms with Gasteiger partial charge in [0.1, 0.15) is 23.2 Å². The Morgan fingerprint density at radius 3 is 2.59 bits per heavy atom. The Morgan fingerprint density at radius 1 is 1.19 bits per heavy atom. The van der Waals surface area contributed by atoms with Crippen molar-refractivity contribution >= 4 is 35.0 Å². The van der Waals surface area contributed by atoms with Gasteiger partial charge in [-0.1, -0.05) is 23.7 Å². The quantitative estimate of drug-likeness (QED) is 0.214. The highest BCUT2D eigenvalue weighted by atomic mass is 35.5. The third-order valence-electron chi connectivity index (χ3n) is 4.16. The van der Waals surface area contributed by atoms with Crippen LogP contribution < -0.4 is 5.32 Å². The number of carbonyl (C=O) groups is 1. The lowest BCUT2D eigenvalue weighted by Gasteiger charge is -2.11. The molecule has 1 heterocycles. The number of hydrogen-bond donors (Lipinski definition) is 1. The molecule has 1 aromatic heterocycles. The predicted molar refractivity (Wildman–Crippen MR) is 109 cm³/mol. The molecule has 0 bridgehead atoms. The highest BCUT2D eigenvalue weighted by Gasteiger charge is 2.31. The van der Waals surface area contributed by atoms with E-state index in [1.54, 1.807) is 12.1 Å². The van der Waals surface area contributed by atoms with E-state index in [1.165, 1.54) is 30.3 Å². The molecule has 0 unspecified atom stereocenters. The summed E-state index contributed by atoms with van der Waals surface area (Å²) < 4.78 is 44.2. The monoisotopic (exact) mass is 461 g/mol. The highest BCUT2D eigenvalue weighted by Crippen LogP contribution is 2.34. The minimum Gasteiger partial charge on any atom is -0.457 e. The zero-order chi connectivity index (χ0) is 23.5. The Morgan fingerprint density at radius 2 is 1.94 bits per heavy atom. The molecule has 0 aliphatic heterocycles. The molecule has 0 radical (unpaired) electrons. The van der Waals surface area contributed by atoms with Crippen LogP contribution in [-0.2, 0) is 11.0 Å². The standard InChI is InChI=1S/C21H11ClF3N3O4/c22-17-6-4-14(21(23,24)25)10-18(17)27-20(29)13(11-26)9-16-5-7-19(32-16)12-2-1-3-15(8-12)28(30)31/h1-10H,(H,27,29)/b13-9-. The van der Waals surface area contributed by atoms with Crippen LogP contribution in [0.4, 0.5) is 24.5 Å². The molecule has 7 nitrogen and oxygen atoms in total. The van der Waals surface area contributed by atoms with Crippen molar-refractivity contribution in [2.24, 2.45) is 0 Å². The van der Waals surface area contributed by atoms with Crippen LogP contribution in [0.1, 0.15) is 11.3 Å². The third kappa shape index (κ3) is 5.14. The summed E-state index contributed by atoms with van der Waals surface area (Å²) in [6, 6.07) is 12.6. The number of nitro benzene ring substituents is 1. The summed E-state index contributed by atoms with van der Waals surface area (Å²) in [4.78, 5) is 22.7. The van der Waals surface area contributed by atoms with E-state index < -0.39 is 28.1 Å². The van der Waals surface area contributed by atoms with Gasteiger partial charge in [0.05, 0.1) is 21.2 Å². The van der Waals surface area contributed by atoms with Gasteiger partial charge < -0.3 is 9.73 Å². The van der Waals surface area contributed by atoms with Crippen molar-refractivity contribution in [3.8, 4) is 17.4 Å². The van der Waals surface area contributed by atoms with Crippen LogP contribution in [0.3, 0.4) is 0 Å². The first-order chi connectivity index (χ1) is 15.1. The fourth-order valence-electron chi connectivity index (χ4n) is 2.64. The van der Waals surface area contributed by atoms with Crippen molar-refractivity contribution in [3.63, 3.8) is 0 Å². The Balaban J connectivity index is 1.85. The average Bonchev–Trinajstić information content (AvgIpc) is 3.21. The molecule has 3 aromatic rings. The van der Waals surface area contributed by atoms with E-state index in [1.807, 2.05) is 0 Å². The van der Waals surface area contributed by atoms with Gasteiger partial charge >= 0.3 is 6.18 Å². The van der Waals surface area contributed by atoms with Gasteiger partial charge in [-0.15, -0.1) is 0 Å². The first-order valence-corrected chi connectivity index (χ1v) is 9.11. The molecule has 0 aliphatic rings. The van der Waals surface area contributed by atoms with Crippen LogP contribution >= 0.6 is 11.6 Å². The molecule has 0 atom stereocenters. The summed E-state index contributed by atoms with van der Waals surface area (Å²) >= 11 is 5.85. The molecule has 11 heteroatoms. The second kappa shape index (κ2) is 8.95. The first kappa shape index (κ1) is 22.6. The van der Waals surface area contributed by atoms with Gasteiger partial charge in [-0.25, -0.2) is 0 Å². The van der Waals surface area contributed by atoms with Gasteiger partial charge in [-0.2, -0.15) is 18.4 Å². The smallest absolute Gasteiger partial charge is 0.416 e. The summed E-state index contributed by atoms with van der Waals surface area (Å²) in [5.41, 5.74) is -1.54. The fourth-order valence-corrected chi connectivity index (χ4v) is 2.80. The van der Waals surface area contributed by atoms with E-state index in [0.717, 1.165) is 18.2 Å². The zero-order valence-electron chi connectivity index (χ0n) is 15.8. The van der Waals surface area contributed by atoms with Gasteiger partial charge in [-0.3, -0.25) is 14.9 Å². The fraction of sp³-hybridized carbons (Fsp3) is 0.0476. The average molecular weight is 462 g/mol. The number of furan rings is 1. The van der Waals surface area contributed by atoms with Crippen LogP contribution in [-0.4, -0.2) is 10.8 Å². The predicted octanol–water partition coefficient (Wildman–Crippen LogP) is 6.07. The topological polar surface area (TPSA) is 109 Å². The summed E-state index contributed by atoms with van der Waals surface area (Å²) in [5, 5.41) is 22.2. The van der Waals surface area contributed by atoms with Crippen molar-refractivity contribution in [1.82, 2.24) is 0 Å². The van der Waals surface area contributed by atoms with Crippen LogP contribution in [0.25, 0.3) is 17.4 Å². The number of hydrogen-bond acceptors (Lipinski definition) is 5. The maximum Gasteiger partial charge on any atom is 0.416 e. The Labute approximate surface area is 183 Å². The number of nitrogens with one attached hydrogen (secondary N) is 1. The molecule has 0 saturated heterocycles. The van der Waals surface area contributed by atoms with Gasteiger partial charge in [0.15, 0.2) is 0 Å². The van der Waals surface area contributed by atoms with Crippen LogP contribution in [0.2, 0.25) is 5.02 Å². The highest BCUT2D eigenvalue weighted by molar-refractivity contribution is 6.34. The lowest BCUT2D eigenvalue weighted by Crippen LogP contribution is -2.15. The number of anilines is 1. The molecular weight excluding hydrogens is 451 g/mol. The SMILES string of the molecule is N#C/C(=C/c1ccc(-c2cccc([N+](=O)[O-])c2)o1)C(=O)Nc1cc(C(F)(F)F)ccc1Cl. The normalized spacial score (nSPS) is 11.7. The second-order valence-corrected chi connectivity index (χ2v) is 6.73. The zero-order valence-corrected chi connectivity index (χ0v) is 16.6. The van der Waals surface area contributed by atoms with Gasteiger partial charge in [0.2, 0.25) is 0 Å². The number of alkyl halides is 3. The minimum atomic E-state index is -4.64. The number of amides is 1. The summed E-state index contributed by atoms with van der Waals surface area (Å²) in [7, 11) is 0. The molecule has 0 spiro atoms. The second-order valence-electron chi connectivity index (χ2n) is 6.33. The summed E-state index contributed by atoms with van der Waals surface area (Å²) in [6.07, 6.45) is -3.56. The number of benzene rings is 2. The number of nitriles is 1. The molecule has 1 amide bonds. The number of carbonyl (C=O) groups excluding carboxylic acids is 1. The molecule has 3 rings (SSSR count). The van der Waals surface area contributed by atoms with E-state index >= 15 is 0 Å².